The van der Waals surface area contributed by atoms with Gasteiger partial charge in [0.1, 0.15) is 17.9 Å². The van der Waals surface area contributed by atoms with E-state index in [9.17, 15) is 5.21 Å². The van der Waals surface area contributed by atoms with Crippen molar-refractivity contribution in [2.24, 2.45) is 23.7 Å². The average Bonchev–Trinajstić information content (AvgIpc) is 2.90. The fourth-order valence-electron chi connectivity index (χ4n) is 5.58. The molecule has 4 rings (SSSR count). The topological polar surface area (TPSA) is 118 Å². The number of nitrogens with two attached hydrogens (primary N) is 1. The van der Waals surface area contributed by atoms with Crippen LogP contribution in [0.2, 0.25) is 0 Å². The van der Waals surface area contributed by atoms with Gasteiger partial charge in [0.15, 0.2) is 5.69 Å². The van der Waals surface area contributed by atoms with E-state index in [1.807, 2.05) is 13.0 Å². The van der Waals surface area contributed by atoms with E-state index in [-0.39, 0.29) is 11.8 Å². The van der Waals surface area contributed by atoms with Crippen LogP contribution in [0.15, 0.2) is 21.1 Å². The van der Waals surface area contributed by atoms with Gasteiger partial charge >= 0.3 is 0 Å². The second-order valence-electron chi connectivity index (χ2n) is 12.0. The Morgan fingerprint density at radius 1 is 0.800 bits per heavy atom. The predicted octanol–water partition coefficient (Wildman–Crippen LogP) is 7.48. The van der Waals surface area contributed by atoms with Gasteiger partial charge in [0.2, 0.25) is 11.8 Å². The molecule has 4 N–H and O–H groups in total. The van der Waals surface area contributed by atoms with Crippen molar-refractivity contribution in [3.8, 4) is 11.8 Å². The van der Waals surface area contributed by atoms with Crippen molar-refractivity contribution in [3.63, 3.8) is 0 Å². The number of hydrogen-bond donors (Lipinski definition) is 3. The number of nitrogens with zero attached hydrogens (tertiary/aromatic N) is 2. The van der Waals surface area contributed by atoms with E-state index in [2.05, 4.69) is 69.5 Å². The highest BCUT2D eigenvalue weighted by atomic mass is 79.9. The van der Waals surface area contributed by atoms with E-state index in [1.165, 1.54) is 25.7 Å². The molecule has 1 atom stereocenters. The quantitative estimate of drug-likeness (QED) is 0.259. The summed E-state index contributed by atoms with van der Waals surface area (Å²) in [4.78, 5) is 8.72. The Bertz CT molecular complexity index is 1100. The number of pyridine rings is 2. The Kier molecular flexibility index (Phi) is 12.5. The van der Waals surface area contributed by atoms with E-state index in [0.717, 1.165) is 59.5 Å². The Morgan fingerprint density at radius 3 is 1.60 bits per heavy atom. The van der Waals surface area contributed by atoms with Crippen molar-refractivity contribution in [1.29, 1.82) is 0 Å². The fourth-order valence-corrected chi connectivity index (χ4v) is 6.42. The molecule has 2 heterocycles. The largest absolute Gasteiger partial charge is 0.595 e. The highest BCUT2D eigenvalue weighted by Crippen LogP contribution is 2.35. The summed E-state index contributed by atoms with van der Waals surface area (Å²) in [7, 11) is 0. The van der Waals surface area contributed by atoms with Crippen LogP contribution in [0.25, 0.3) is 0 Å². The zero-order valence-corrected chi connectivity index (χ0v) is 27.8. The number of aryl methyl sites for hydroxylation is 2. The van der Waals surface area contributed by atoms with E-state index in [4.69, 9.17) is 20.4 Å². The van der Waals surface area contributed by atoms with Gasteiger partial charge in [-0.05, 0) is 127 Å². The maximum atomic E-state index is 11.1. The van der Waals surface area contributed by atoms with Crippen LogP contribution >= 0.6 is 31.9 Å². The summed E-state index contributed by atoms with van der Waals surface area (Å²) in [6, 6.07) is 3.44. The summed E-state index contributed by atoms with van der Waals surface area (Å²) in [6.07, 6.45) is 9.69. The lowest BCUT2D eigenvalue weighted by molar-refractivity contribution is -0.991. The molecule has 0 bridgehead atoms. The van der Waals surface area contributed by atoms with Gasteiger partial charge in [-0.25, -0.2) is 15.2 Å². The summed E-state index contributed by atoms with van der Waals surface area (Å²) in [5.74, 6) is 4.34. The Morgan fingerprint density at radius 2 is 1.20 bits per heavy atom. The first kappa shape index (κ1) is 33.0. The Hall–Kier alpha value is -1.46. The molecule has 2 aliphatic carbocycles. The standard InChI is InChI=1S/C15H23BrN2O3.C15H23BrN2O/c1-9(2)11-4-6-12(7-5-11)21-15-13(16)8-14(18(19)20)10(3)17-15;1-9(2)11-4-6-12(7-5-11)19-15-13(16)8-14(17)10(3)18-15/h8-9,11-12,18-19H,4-7H2,1-3H3;8-9,11-12H,4-7,17H2,1-3H3. The minimum Gasteiger partial charge on any atom is -0.595 e. The van der Waals surface area contributed by atoms with Crippen LogP contribution in [0.3, 0.4) is 0 Å². The summed E-state index contributed by atoms with van der Waals surface area (Å²) in [5, 5.41) is 19.2. The lowest BCUT2D eigenvalue weighted by atomic mass is 9.80. The van der Waals surface area contributed by atoms with Gasteiger partial charge < -0.3 is 20.4 Å². The van der Waals surface area contributed by atoms with Crippen molar-refractivity contribution in [3.05, 3.63) is 37.7 Å². The van der Waals surface area contributed by atoms with E-state index in [0.29, 0.717) is 33.7 Å². The molecule has 0 aliphatic heterocycles. The molecular weight excluding hydrogens is 640 g/mol. The maximum absolute atomic E-state index is 11.1. The molecule has 2 fully saturated rings. The summed E-state index contributed by atoms with van der Waals surface area (Å²) < 4.78 is 13.5. The maximum Gasteiger partial charge on any atom is 0.228 e. The first-order chi connectivity index (χ1) is 18.8. The third-order valence-corrected chi connectivity index (χ3v) is 9.55. The molecule has 2 aliphatic rings. The number of rotatable bonds is 7. The molecule has 2 saturated carbocycles. The van der Waals surface area contributed by atoms with E-state index < -0.39 is 5.23 Å². The fraction of sp³-hybridized carbons (Fsp3) is 0.667. The molecule has 8 nitrogen and oxygen atoms in total. The van der Waals surface area contributed by atoms with Gasteiger partial charge in [-0.3, -0.25) is 0 Å². The third-order valence-electron chi connectivity index (χ3n) is 8.42. The summed E-state index contributed by atoms with van der Waals surface area (Å²) >= 11 is 6.84. The molecule has 0 saturated heterocycles. The van der Waals surface area contributed by atoms with Crippen LogP contribution in [0.4, 0.5) is 11.4 Å². The summed E-state index contributed by atoms with van der Waals surface area (Å²) in [5.41, 5.74) is 8.04. The number of quaternary nitrogens is 1. The molecule has 224 valence electrons. The lowest BCUT2D eigenvalue weighted by Gasteiger charge is -2.31. The number of hydrogen-bond acceptors (Lipinski definition) is 7. The number of nitrogen functional groups attached to an aromatic ring is 1. The van der Waals surface area contributed by atoms with Crippen molar-refractivity contribution >= 4 is 43.2 Å². The number of halogens is 2. The third kappa shape index (κ3) is 9.28. The normalized spacial score (nSPS) is 23.9. The average molecular weight is 687 g/mol. The van der Waals surface area contributed by atoms with Gasteiger partial charge in [0.25, 0.3) is 0 Å². The first-order valence-corrected chi connectivity index (χ1v) is 16.1. The van der Waals surface area contributed by atoms with Crippen molar-refractivity contribution in [1.82, 2.24) is 9.97 Å². The van der Waals surface area contributed by atoms with Crippen LogP contribution < -0.4 is 20.4 Å². The monoisotopic (exact) mass is 684 g/mol. The molecule has 1 unspecified atom stereocenters. The smallest absolute Gasteiger partial charge is 0.228 e. The SMILES string of the molecule is Cc1nc(OC2CCC(C(C)C)CC2)c(Br)cc1N.Cc1nc(OC2CCC(C(C)C)CC2)c(Br)cc1[NH+]([O-])O. The molecule has 40 heavy (non-hydrogen) atoms. The molecule has 0 amide bonds. The second-order valence-corrected chi connectivity index (χ2v) is 13.7. The van der Waals surface area contributed by atoms with Crippen molar-refractivity contribution < 1.29 is 19.9 Å². The molecule has 10 heteroatoms. The van der Waals surface area contributed by atoms with Crippen LogP contribution in [-0.4, -0.2) is 27.4 Å². The van der Waals surface area contributed by atoms with Gasteiger partial charge in [0.05, 0.1) is 20.3 Å². The highest BCUT2D eigenvalue weighted by molar-refractivity contribution is 9.10. The van der Waals surface area contributed by atoms with Gasteiger partial charge in [-0.1, -0.05) is 27.7 Å². The van der Waals surface area contributed by atoms with Crippen molar-refractivity contribution in [2.45, 2.75) is 105 Å². The van der Waals surface area contributed by atoms with Gasteiger partial charge in [-0.15, -0.1) is 0 Å². The highest BCUT2D eigenvalue weighted by Gasteiger charge is 2.26. The number of ether oxygens (including phenoxy) is 2. The molecule has 0 aromatic carbocycles. The lowest BCUT2D eigenvalue weighted by Crippen LogP contribution is -2.99. The van der Waals surface area contributed by atoms with Gasteiger partial charge in [-0.2, -0.15) is 5.23 Å². The molecular formula is C30H46Br2N4O4. The van der Waals surface area contributed by atoms with Crippen molar-refractivity contribution in [2.75, 3.05) is 5.73 Å². The van der Waals surface area contributed by atoms with Crippen LogP contribution in [0.5, 0.6) is 11.8 Å². The number of nitrogens with one attached hydrogen (secondary N) is 1. The molecule has 2 aromatic heterocycles. The molecule has 0 spiro atoms. The summed E-state index contributed by atoms with van der Waals surface area (Å²) in [6.45, 7) is 12.8. The second kappa shape index (κ2) is 15.1. The van der Waals surface area contributed by atoms with Crippen LogP contribution in [0.1, 0.15) is 90.4 Å². The van der Waals surface area contributed by atoms with Crippen LogP contribution in [-0.2, 0) is 0 Å². The molecule has 2 aromatic rings. The minimum absolute atomic E-state index is 0.180. The zero-order chi connectivity index (χ0) is 29.6. The first-order valence-electron chi connectivity index (χ1n) is 14.5. The minimum atomic E-state index is -0.968. The predicted molar refractivity (Wildman–Crippen MR) is 166 cm³/mol. The Balaban J connectivity index is 0.000000222. The molecule has 0 radical (unpaired) electrons. The number of aromatic nitrogens is 2. The van der Waals surface area contributed by atoms with Crippen LogP contribution in [0, 0.1) is 42.7 Å². The van der Waals surface area contributed by atoms with E-state index >= 15 is 0 Å². The zero-order valence-electron chi connectivity index (χ0n) is 24.7. The van der Waals surface area contributed by atoms with E-state index in [1.54, 1.807) is 13.0 Å². The number of anilines is 1. The Labute approximate surface area is 256 Å². The van der Waals surface area contributed by atoms with Gasteiger partial charge in [0, 0.05) is 6.07 Å².